The molecule has 0 radical (unpaired) electrons. The lowest BCUT2D eigenvalue weighted by molar-refractivity contribution is -0.142. The number of aromatic nitrogens is 2. The van der Waals surface area contributed by atoms with Crippen LogP contribution in [0.4, 0.5) is 0 Å². The molecule has 74 valence electrons. The van der Waals surface area contributed by atoms with Gasteiger partial charge in [0.05, 0.1) is 24.4 Å². The highest BCUT2D eigenvalue weighted by Crippen LogP contribution is 2.46. The summed E-state index contributed by atoms with van der Waals surface area (Å²) in [5.74, 6) is 0.0740. The van der Waals surface area contributed by atoms with Gasteiger partial charge in [-0.2, -0.15) is 0 Å². The minimum Gasteiger partial charge on any atom is -0.469 e. The first kappa shape index (κ1) is 9.12. The Kier molecular flexibility index (Phi) is 2.19. The van der Waals surface area contributed by atoms with E-state index in [4.69, 9.17) is 0 Å². The van der Waals surface area contributed by atoms with Gasteiger partial charge in [0, 0.05) is 18.3 Å². The SMILES string of the molecule is COC(=O)[C@H]1C[C@@H]1c1cnc(C)cn1. The van der Waals surface area contributed by atoms with Crippen molar-refractivity contribution in [2.24, 2.45) is 5.92 Å². The van der Waals surface area contributed by atoms with Crippen molar-refractivity contribution >= 4 is 5.97 Å². The third-order valence-corrected chi connectivity index (χ3v) is 2.48. The van der Waals surface area contributed by atoms with Crippen LogP contribution < -0.4 is 0 Å². The Bertz CT molecular complexity index is 348. The number of carbonyl (C=O) groups is 1. The van der Waals surface area contributed by atoms with Gasteiger partial charge in [-0.3, -0.25) is 14.8 Å². The molecule has 0 bridgehead atoms. The van der Waals surface area contributed by atoms with Gasteiger partial charge in [-0.1, -0.05) is 0 Å². The Morgan fingerprint density at radius 3 is 2.86 bits per heavy atom. The number of rotatable bonds is 2. The van der Waals surface area contributed by atoms with Gasteiger partial charge < -0.3 is 4.74 Å². The predicted octanol–water partition coefficient (Wildman–Crippen LogP) is 1.06. The van der Waals surface area contributed by atoms with Crippen LogP contribution in [0.5, 0.6) is 0 Å². The van der Waals surface area contributed by atoms with Crippen LogP contribution in [0, 0.1) is 12.8 Å². The molecule has 0 saturated heterocycles. The molecule has 0 N–H and O–H groups in total. The first-order valence-electron chi connectivity index (χ1n) is 4.58. The fourth-order valence-electron chi connectivity index (χ4n) is 1.53. The minimum absolute atomic E-state index is 0.00277. The van der Waals surface area contributed by atoms with Crippen molar-refractivity contribution in [3.63, 3.8) is 0 Å². The quantitative estimate of drug-likeness (QED) is 0.657. The predicted molar refractivity (Wildman–Crippen MR) is 49.6 cm³/mol. The molecule has 2 rings (SSSR count). The Labute approximate surface area is 82.3 Å². The van der Waals surface area contributed by atoms with Crippen LogP contribution in [0.3, 0.4) is 0 Å². The standard InChI is InChI=1S/C10H12N2O2/c1-6-4-12-9(5-11-6)7-3-8(7)10(13)14-2/h4-5,7-8H,3H2,1-2H3/t7-,8-/m0/s1. The number of ether oxygens (including phenoxy) is 1. The highest BCUT2D eigenvalue weighted by molar-refractivity contribution is 5.76. The Morgan fingerprint density at radius 2 is 2.29 bits per heavy atom. The maximum Gasteiger partial charge on any atom is 0.309 e. The number of hydrogen-bond donors (Lipinski definition) is 0. The lowest BCUT2D eigenvalue weighted by Crippen LogP contribution is -2.04. The van der Waals surface area contributed by atoms with Gasteiger partial charge in [0.25, 0.3) is 0 Å². The zero-order chi connectivity index (χ0) is 10.1. The number of hydrogen-bond acceptors (Lipinski definition) is 4. The fourth-order valence-corrected chi connectivity index (χ4v) is 1.53. The zero-order valence-electron chi connectivity index (χ0n) is 8.23. The lowest BCUT2D eigenvalue weighted by Gasteiger charge is -1.98. The third-order valence-electron chi connectivity index (χ3n) is 2.48. The van der Waals surface area contributed by atoms with Gasteiger partial charge in [0.15, 0.2) is 0 Å². The van der Waals surface area contributed by atoms with Crippen LogP contribution in [0.15, 0.2) is 12.4 Å². The molecule has 1 aliphatic rings. The number of carbonyl (C=O) groups excluding carboxylic acids is 1. The largest absolute Gasteiger partial charge is 0.469 e. The molecule has 0 aliphatic heterocycles. The summed E-state index contributed by atoms with van der Waals surface area (Å²) in [6.45, 7) is 1.89. The Hall–Kier alpha value is -1.45. The minimum atomic E-state index is -0.141. The van der Waals surface area contributed by atoms with Gasteiger partial charge in [-0.15, -0.1) is 0 Å². The first-order valence-corrected chi connectivity index (χ1v) is 4.58. The lowest BCUT2D eigenvalue weighted by atomic mass is 10.2. The van der Waals surface area contributed by atoms with Crippen molar-refractivity contribution in [2.45, 2.75) is 19.3 Å². The molecule has 0 spiro atoms. The molecule has 1 heterocycles. The van der Waals surface area contributed by atoms with E-state index in [1.807, 2.05) is 6.92 Å². The van der Waals surface area contributed by atoms with Crippen LogP contribution in [-0.4, -0.2) is 23.0 Å². The van der Waals surface area contributed by atoms with E-state index in [0.29, 0.717) is 0 Å². The molecule has 0 unspecified atom stereocenters. The molecule has 1 aromatic heterocycles. The summed E-state index contributed by atoms with van der Waals surface area (Å²) < 4.78 is 4.66. The van der Waals surface area contributed by atoms with Crippen molar-refractivity contribution in [1.82, 2.24) is 9.97 Å². The molecule has 14 heavy (non-hydrogen) atoms. The van der Waals surface area contributed by atoms with E-state index < -0.39 is 0 Å². The van der Waals surface area contributed by atoms with Crippen molar-refractivity contribution in [3.8, 4) is 0 Å². The van der Waals surface area contributed by atoms with Crippen molar-refractivity contribution in [1.29, 1.82) is 0 Å². The Morgan fingerprint density at radius 1 is 1.50 bits per heavy atom. The molecule has 1 saturated carbocycles. The topological polar surface area (TPSA) is 52.1 Å². The third kappa shape index (κ3) is 1.60. The van der Waals surface area contributed by atoms with Gasteiger partial charge in [-0.25, -0.2) is 0 Å². The molecular weight excluding hydrogens is 180 g/mol. The fraction of sp³-hybridized carbons (Fsp3) is 0.500. The molecule has 1 fully saturated rings. The first-order chi connectivity index (χ1) is 6.72. The van der Waals surface area contributed by atoms with Crippen LogP contribution in [0.2, 0.25) is 0 Å². The van der Waals surface area contributed by atoms with E-state index in [-0.39, 0.29) is 17.8 Å². The molecular formula is C10H12N2O2. The second-order valence-corrected chi connectivity index (χ2v) is 3.55. The zero-order valence-corrected chi connectivity index (χ0v) is 8.23. The number of esters is 1. The summed E-state index contributed by atoms with van der Waals surface area (Å²) in [7, 11) is 1.42. The summed E-state index contributed by atoms with van der Waals surface area (Å²) in [6.07, 6.45) is 4.30. The summed E-state index contributed by atoms with van der Waals surface area (Å²) in [6, 6.07) is 0. The Balaban J connectivity index is 2.06. The van der Waals surface area contributed by atoms with E-state index in [9.17, 15) is 4.79 Å². The number of nitrogens with zero attached hydrogens (tertiary/aromatic N) is 2. The summed E-state index contributed by atoms with van der Waals surface area (Å²) in [4.78, 5) is 19.5. The van der Waals surface area contributed by atoms with E-state index in [1.165, 1.54) is 7.11 Å². The maximum absolute atomic E-state index is 11.2. The van der Waals surface area contributed by atoms with Gasteiger partial charge in [0.1, 0.15) is 0 Å². The molecule has 0 aromatic carbocycles. The average molecular weight is 192 g/mol. The van der Waals surface area contributed by atoms with Crippen LogP contribution in [0.1, 0.15) is 23.7 Å². The highest BCUT2D eigenvalue weighted by Gasteiger charge is 2.46. The molecule has 1 aliphatic carbocycles. The van der Waals surface area contributed by atoms with Crippen molar-refractivity contribution in [2.75, 3.05) is 7.11 Å². The van der Waals surface area contributed by atoms with E-state index in [0.717, 1.165) is 17.8 Å². The summed E-state index contributed by atoms with van der Waals surface area (Å²) in [5, 5.41) is 0. The monoisotopic (exact) mass is 192 g/mol. The molecule has 4 heteroatoms. The smallest absolute Gasteiger partial charge is 0.309 e. The normalized spacial score (nSPS) is 24.4. The number of aryl methyl sites for hydroxylation is 1. The summed E-state index contributed by atoms with van der Waals surface area (Å²) in [5.41, 5.74) is 1.79. The molecule has 0 amide bonds. The second kappa shape index (κ2) is 3.36. The van der Waals surface area contributed by atoms with Crippen LogP contribution in [0.25, 0.3) is 0 Å². The van der Waals surface area contributed by atoms with E-state index in [1.54, 1.807) is 12.4 Å². The molecule has 2 atom stereocenters. The van der Waals surface area contributed by atoms with Gasteiger partial charge >= 0.3 is 5.97 Å². The van der Waals surface area contributed by atoms with Gasteiger partial charge in [-0.05, 0) is 13.3 Å². The molecule has 1 aromatic rings. The summed E-state index contributed by atoms with van der Waals surface area (Å²) >= 11 is 0. The van der Waals surface area contributed by atoms with Crippen molar-refractivity contribution < 1.29 is 9.53 Å². The maximum atomic E-state index is 11.2. The molecule has 4 nitrogen and oxygen atoms in total. The second-order valence-electron chi connectivity index (χ2n) is 3.55. The van der Waals surface area contributed by atoms with E-state index in [2.05, 4.69) is 14.7 Å². The van der Waals surface area contributed by atoms with E-state index >= 15 is 0 Å². The van der Waals surface area contributed by atoms with Crippen LogP contribution >= 0.6 is 0 Å². The average Bonchev–Trinajstić information content (AvgIpc) is 2.98. The van der Waals surface area contributed by atoms with Gasteiger partial charge in [0.2, 0.25) is 0 Å². The van der Waals surface area contributed by atoms with Crippen molar-refractivity contribution in [3.05, 3.63) is 23.8 Å². The highest BCUT2D eigenvalue weighted by atomic mass is 16.5. The number of methoxy groups -OCH3 is 1. The van der Waals surface area contributed by atoms with Crippen LogP contribution in [-0.2, 0) is 9.53 Å².